The number of hydrogen-bond acceptors (Lipinski definition) is 3. The second kappa shape index (κ2) is 6.07. The lowest BCUT2D eigenvalue weighted by molar-refractivity contribution is 0.0596. The minimum Gasteiger partial charge on any atom is -0.393 e. The summed E-state index contributed by atoms with van der Waals surface area (Å²) >= 11 is 1.90. The van der Waals surface area contributed by atoms with E-state index in [2.05, 4.69) is 53.4 Å². The minimum atomic E-state index is -0.112. The van der Waals surface area contributed by atoms with Crippen LogP contribution >= 0.6 is 11.8 Å². The average Bonchev–Trinajstić information content (AvgIpc) is 2.72. The summed E-state index contributed by atoms with van der Waals surface area (Å²) in [6, 6.07) is 18.0. The third kappa shape index (κ3) is 2.69. The molecule has 2 nitrogen and oxygen atoms in total. The van der Waals surface area contributed by atoms with Crippen molar-refractivity contribution in [3.8, 4) is 0 Å². The van der Waals surface area contributed by atoms with Gasteiger partial charge in [-0.3, -0.25) is 4.90 Å². The standard InChI is InChI=1S/C19H21NOS/c21-15-9-11-20(12-10-15)17-13-14-5-1-3-7-18(14)22-19-8-4-2-6-16(17)19/h1-8,15,17,21H,9-13H2. The third-order valence-corrected chi connectivity index (χ3v) is 6.03. The lowest BCUT2D eigenvalue weighted by atomic mass is 9.95. The van der Waals surface area contributed by atoms with E-state index >= 15 is 0 Å². The zero-order valence-electron chi connectivity index (χ0n) is 12.6. The van der Waals surface area contributed by atoms with Gasteiger partial charge in [0.2, 0.25) is 0 Å². The van der Waals surface area contributed by atoms with E-state index in [-0.39, 0.29) is 6.10 Å². The number of fused-ring (bicyclic) bond motifs is 2. The highest BCUT2D eigenvalue weighted by molar-refractivity contribution is 7.99. The van der Waals surface area contributed by atoms with Crippen LogP contribution in [0, 0.1) is 0 Å². The number of rotatable bonds is 1. The Balaban J connectivity index is 1.73. The molecule has 1 unspecified atom stereocenters. The van der Waals surface area contributed by atoms with Crippen molar-refractivity contribution in [2.24, 2.45) is 0 Å². The predicted molar refractivity (Wildman–Crippen MR) is 90.3 cm³/mol. The topological polar surface area (TPSA) is 23.5 Å². The van der Waals surface area contributed by atoms with E-state index < -0.39 is 0 Å². The van der Waals surface area contributed by atoms with Crippen LogP contribution in [0.5, 0.6) is 0 Å². The summed E-state index contributed by atoms with van der Waals surface area (Å²) in [5, 5.41) is 9.80. The number of benzene rings is 2. The maximum Gasteiger partial charge on any atom is 0.0564 e. The first-order valence-electron chi connectivity index (χ1n) is 8.08. The van der Waals surface area contributed by atoms with Gasteiger partial charge in [0.1, 0.15) is 0 Å². The van der Waals surface area contributed by atoms with Crippen molar-refractivity contribution < 1.29 is 5.11 Å². The lowest BCUT2D eigenvalue weighted by Crippen LogP contribution is -2.39. The van der Waals surface area contributed by atoms with Gasteiger partial charge in [-0.25, -0.2) is 0 Å². The van der Waals surface area contributed by atoms with E-state index in [1.807, 2.05) is 11.8 Å². The second-order valence-corrected chi connectivity index (χ2v) is 7.32. The molecule has 2 heterocycles. The number of likely N-dealkylation sites (tertiary alicyclic amines) is 1. The van der Waals surface area contributed by atoms with Gasteiger partial charge in [0.05, 0.1) is 6.10 Å². The van der Waals surface area contributed by atoms with Gasteiger partial charge < -0.3 is 5.11 Å². The molecule has 0 radical (unpaired) electrons. The Morgan fingerprint density at radius 1 is 0.909 bits per heavy atom. The Morgan fingerprint density at radius 3 is 2.41 bits per heavy atom. The van der Waals surface area contributed by atoms with Crippen molar-refractivity contribution in [3.05, 3.63) is 59.7 Å². The molecule has 1 saturated heterocycles. The summed E-state index contributed by atoms with van der Waals surface area (Å²) in [7, 11) is 0. The molecule has 4 rings (SSSR count). The molecule has 0 amide bonds. The van der Waals surface area contributed by atoms with E-state index in [9.17, 15) is 5.11 Å². The van der Waals surface area contributed by atoms with Gasteiger partial charge in [0.25, 0.3) is 0 Å². The number of nitrogens with zero attached hydrogens (tertiary/aromatic N) is 1. The highest BCUT2D eigenvalue weighted by Crippen LogP contribution is 2.43. The van der Waals surface area contributed by atoms with Crippen LogP contribution in [0.2, 0.25) is 0 Å². The van der Waals surface area contributed by atoms with Crippen molar-refractivity contribution >= 4 is 11.8 Å². The van der Waals surface area contributed by atoms with E-state index in [4.69, 9.17) is 0 Å². The van der Waals surface area contributed by atoms with Gasteiger partial charge in [0, 0.05) is 28.9 Å². The summed E-state index contributed by atoms with van der Waals surface area (Å²) < 4.78 is 0. The molecule has 0 aliphatic carbocycles. The fourth-order valence-corrected chi connectivity index (χ4v) is 4.72. The Kier molecular flexibility index (Phi) is 3.95. The van der Waals surface area contributed by atoms with E-state index in [0.29, 0.717) is 6.04 Å². The molecule has 3 heteroatoms. The third-order valence-electron chi connectivity index (χ3n) is 4.82. The van der Waals surface area contributed by atoms with Gasteiger partial charge in [0.15, 0.2) is 0 Å². The molecule has 114 valence electrons. The average molecular weight is 311 g/mol. The molecule has 0 spiro atoms. The summed E-state index contributed by atoms with van der Waals surface area (Å²) in [5.74, 6) is 0. The van der Waals surface area contributed by atoms with Crippen molar-refractivity contribution in [2.75, 3.05) is 13.1 Å². The zero-order valence-corrected chi connectivity index (χ0v) is 13.4. The number of aliphatic hydroxyl groups is 1. The van der Waals surface area contributed by atoms with Crippen molar-refractivity contribution in [2.45, 2.75) is 41.2 Å². The maximum atomic E-state index is 9.80. The van der Waals surface area contributed by atoms with Crippen molar-refractivity contribution in [3.63, 3.8) is 0 Å². The molecular weight excluding hydrogens is 290 g/mol. The molecule has 0 aromatic heterocycles. The molecule has 1 atom stereocenters. The van der Waals surface area contributed by atoms with Crippen LogP contribution in [0.25, 0.3) is 0 Å². The highest BCUT2D eigenvalue weighted by Gasteiger charge is 2.29. The largest absolute Gasteiger partial charge is 0.393 e. The minimum absolute atomic E-state index is 0.112. The first kappa shape index (κ1) is 14.3. The number of hydrogen-bond donors (Lipinski definition) is 1. The normalized spacial score (nSPS) is 22.7. The summed E-state index contributed by atoms with van der Waals surface area (Å²) in [6.45, 7) is 1.99. The van der Waals surface area contributed by atoms with Crippen LogP contribution < -0.4 is 0 Å². The molecule has 0 saturated carbocycles. The Labute approximate surface area is 136 Å². The monoisotopic (exact) mass is 311 g/mol. The van der Waals surface area contributed by atoms with E-state index in [1.165, 1.54) is 20.9 Å². The lowest BCUT2D eigenvalue weighted by Gasteiger charge is -2.36. The Bertz CT molecular complexity index is 664. The van der Waals surface area contributed by atoms with Gasteiger partial charge in [-0.05, 0) is 42.5 Å². The molecule has 2 aliphatic heterocycles. The quantitative estimate of drug-likeness (QED) is 0.864. The van der Waals surface area contributed by atoms with Crippen LogP contribution in [0.4, 0.5) is 0 Å². The predicted octanol–water partition coefficient (Wildman–Crippen LogP) is 3.89. The molecule has 1 fully saturated rings. The van der Waals surface area contributed by atoms with Crippen molar-refractivity contribution in [1.29, 1.82) is 0 Å². The van der Waals surface area contributed by atoms with Gasteiger partial charge in [-0.2, -0.15) is 0 Å². The van der Waals surface area contributed by atoms with E-state index in [0.717, 1.165) is 32.4 Å². The highest BCUT2D eigenvalue weighted by atomic mass is 32.2. The zero-order chi connectivity index (χ0) is 14.9. The van der Waals surface area contributed by atoms with Crippen molar-refractivity contribution in [1.82, 2.24) is 4.90 Å². The van der Waals surface area contributed by atoms with E-state index in [1.54, 1.807) is 0 Å². The molecule has 0 bridgehead atoms. The molecule has 2 aromatic rings. The summed E-state index contributed by atoms with van der Waals surface area (Å²) in [6.07, 6.45) is 2.75. The fraction of sp³-hybridized carbons (Fsp3) is 0.368. The smallest absolute Gasteiger partial charge is 0.0564 e. The van der Waals surface area contributed by atoms with Crippen LogP contribution in [0.15, 0.2) is 58.3 Å². The second-order valence-electron chi connectivity index (χ2n) is 6.23. The fourth-order valence-electron chi connectivity index (χ4n) is 3.58. The maximum absolute atomic E-state index is 9.80. The summed E-state index contributed by atoms with van der Waals surface area (Å²) in [5.41, 5.74) is 2.89. The van der Waals surface area contributed by atoms with Crippen LogP contribution in [-0.2, 0) is 6.42 Å². The number of piperidine rings is 1. The summed E-state index contributed by atoms with van der Waals surface area (Å²) in [4.78, 5) is 5.33. The Hall–Kier alpha value is -1.29. The number of aliphatic hydroxyl groups excluding tert-OH is 1. The molecule has 1 N–H and O–H groups in total. The van der Waals surface area contributed by atoms with Crippen LogP contribution in [-0.4, -0.2) is 29.2 Å². The molecular formula is C19H21NOS. The SMILES string of the molecule is OC1CCN(C2Cc3ccccc3Sc3ccccc32)CC1. The first-order chi connectivity index (χ1) is 10.8. The molecule has 2 aliphatic rings. The van der Waals surface area contributed by atoms with Crippen LogP contribution in [0.3, 0.4) is 0 Å². The molecule has 2 aromatic carbocycles. The molecule has 22 heavy (non-hydrogen) atoms. The van der Waals surface area contributed by atoms with Gasteiger partial charge in [-0.15, -0.1) is 0 Å². The first-order valence-corrected chi connectivity index (χ1v) is 8.90. The van der Waals surface area contributed by atoms with Gasteiger partial charge >= 0.3 is 0 Å². The van der Waals surface area contributed by atoms with Gasteiger partial charge in [-0.1, -0.05) is 48.2 Å². The van der Waals surface area contributed by atoms with Crippen LogP contribution in [0.1, 0.15) is 30.0 Å². The Morgan fingerprint density at radius 2 is 1.59 bits per heavy atom.